The van der Waals surface area contributed by atoms with E-state index >= 15 is 0 Å². The quantitative estimate of drug-likeness (QED) is 0.475. The second-order valence-corrected chi connectivity index (χ2v) is 8.30. The Morgan fingerprint density at radius 1 is 1.06 bits per heavy atom. The van der Waals surface area contributed by atoms with Gasteiger partial charge in [-0.2, -0.15) is 0 Å². The summed E-state index contributed by atoms with van der Waals surface area (Å²) in [4.78, 5) is 25.1. The maximum Gasteiger partial charge on any atom is 0.274 e. The number of nitrogens with two attached hydrogens (primary N) is 1. The molecule has 0 saturated heterocycles. The van der Waals surface area contributed by atoms with E-state index in [1.807, 2.05) is 36.4 Å². The summed E-state index contributed by atoms with van der Waals surface area (Å²) in [5.41, 5.74) is 8.52. The molecule has 1 heterocycles. The number of hydrogen-bond acceptors (Lipinski definition) is 4. The lowest BCUT2D eigenvalue weighted by atomic mass is 9.99. The summed E-state index contributed by atoms with van der Waals surface area (Å²) in [7, 11) is 3.26. The fourth-order valence-corrected chi connectivity index (χ4v) is 3.87. The number of aromatic nitrogens is 1. The standard InChI is InChI=1S/C24H25Cl2N3O3/c1-29-14-17(5-3-4-15-8-11-19(25)20(26)12-15)21(23(27)30)22(24(29)31)28-13-16-6-9-18(32-2)10-7-16/h6-12,14,28H,3-5,13H2,1-2H3,(H2,27,30). The van der Waals surface area contributed by atoms with Crippen LogP contribution < -0.4 is 21.3 Å². The van der Waals surface area contributed by atoms with Gasteiger partial charge < -0.3 is 20.4 Å². The fraction of sp³-hybridized carbons (Fsp3) is 0.250. The number of carbonyl (C=O) groups excluding carboxylic acids is 1. The molecule has 3 rings (SSSR count). The summed E-state index contributed by atoms with van der Waals surface area (Å²) in [6.45, 7) is 0.367. The van der Waals surface area contributed by atoms with Crippen molar-refractivity contribution in [2.45, 2.75) is 25.8 Å². The number of aryl methyl sites for hydroxylation is 3. The number of halogens is 2. The van der Waals surface area contributed by atoms with Crippen LogP contribution in [-0.4, -0.2) is 17.6 Å². The number of ether oxygens (including phenoxy) is 1. The van der Waals surface area contributed by atoms with E-state index in [0.717, 1.165) is 35.3 Å². The molecule has 1 amide bonds. The van der Waals surface area contributed by atoms with Crippen molar-refractivity contribution in [3.63, 3.8) is 0 Å². The van der Waals surface area contributed by atoms with Crippen molar-refractivity contribution in [3.8, 4) is 5.75 Å². The van der Waals surface area contributed by atoms with Crippen molar-refractivity contribution < 1.29 is 9.53 Å². The molecule has 0 bridgehead atoms. The first-order valence-corrected chi connectivity index (χ1v) is 10.9. The van der Waals surface area contributed by atoms with Crippen LogP contribution in [0.15, 0.2) is 53.5 Å². The SMILES string of the molecule is COc1ccc(CNc2c(C(N)=O)c(CCCc3ccc(Cl)c(Cl)c3)cn(C)c2=O)cc1. The predicted octanol–water partition coefficient (Wildman–Crippen LogP) is 4.59. The molecule has 3 N–H and O–H groups in total. The third kappa shape index (κ3) is 5.64. The number of anilines is 1. The van der Waals surface area contributed by atoms with Gasteiger partial charge in [-0.1, -0.05) is 41.4 Å². The van der Waals surface area contributed by atoms with Crippen LogP contribution >= 0.6 is 23.2 Å². The molecule has 0 aliphatic heterocycles. The monoisotopic (exact) mass is 473 g/mol. The molecule has 6 nitrogen and oxygen atoms in total. The van der Waals surface area contributed by atoms with E-state index in [-0.39, 0.29) is 16.8 Å². The Morgan fingerprint density at radius 3 is 2.38 bits per heavy atom. The highest BCUT2D eigenvalue weighted by atomic mass is 35.5. The second kappa shape index (κ2) is 10.6. The molecule has 0 spiro atoms. The molecule has 0 fully saturated rings. The molecular weight excluding hydrogens is 449 g/mol. The Labute approximate surface area is 196 Å². The van der Waals surface area contributed by atoms with Crippen molar-refractivity contribution >= 4 is 34.8 Å². The molecule has 1 aromatic heterocycles. The van der Waals surface area contributed by atoms with Crippen LogP contribution in [0.4, 0.5) is 5.69 Å². The maximum absolute atomic E-state index is 12.8. The Hall–Kier alpha value is -2.96. The molecule has 3 aromatic rings. The molecule has 32 heavy (non-hydrogen) atoms. The van der Waals surface area contributed by atoms with E-state index in [0.29, 0.717) is 23.0 Å². The van der Waals surface area contributed by atoms with Crippen LogP contribution in [0.2, 0.25) is 10.0 Å². The highest BCUT2D eigenvalue weighted by Crippen LogP contribution is 2.24. The number of carbonyl (C=O) groups is 1. The van der Waals surface area contributed by atoms with Crippen LogP contribution in [0, 0.1) is 0 Å². The topological polar surface area (TPSA) is 86.3 Å². The van der Waals surface area contributed by atoms with Crippen molar-refractivity contribution in [2.75, 3.05) is 12.4 Å². The number of rotatable bonds is 9. The number of nitrogens with zero attached hydrogens (tertiary/aromatic N) is 1. The van der Waals surface area contributed by atoms with Gasteiger partial charge in [0.05, 0.1) is 22.7 Å². The zero-order valence-corrected chi connectivity index (χ0v) is 19.5. The number of primary amides is 1. The van der Waals surface area contributed by atoms with Gasteiger partial charge in [0.25, 0.3) is 11.5 Å². The number of amides is 1. The highest BCUT2D eigenvalue weighted by molar-refractivity contribution is 6.42. The van der Waals surface area contributed by atoms with E-state index in [9.17, 15) is 9.59 Å². The Balaban J connectivity index is 1.81. The largest absolute Gasteiger partial charge is 0.497 e. The van der Waals surface area contributed by atoms with Gasteiger partial charge in [-0.3, -0.25) is 9.59 Å². The van der Waals surface area contributed by atoms with Gasteiger partial charge in [0.1, 0.15) is 11.4 Å². The fourth-order valence-electron chi connectivity index (χ4n) is 3.55. The van der Waals surface area contributed by atoms with E-state index < -0.39 is 5.91 Å². The Kier molecular flexibility index (Phi) is 7.83. The minimum absolute atomic E-state index is 0.211. The number of nitrogens with one attached hydrogen (secondary N) is 1. The first-order valence-electron chi connectivity index (χ1n) is 10.1. The van der Waals surface area contributed by atoms with Gasteiger partial charge in [0.2, 0.25) is 0 Å². The summed E-state index contributed by atoms with van der Waals surface area (Å²) >= 11 is 12.1. The van der Waals surface area contributed by atoms with E-state index in [2.05, 4.69) is 5.32 Å². The smallest absolute Gasteiger partial charge is 0.274 e. The molecule has 0 unspecified atom stereocenters. The summed E-state index contributed by atoms with van der Waals surface area (Å²) in [5, 5.41) is 4.13. The van der Waals surface area contributed by atoms with Gasteiger partial charge >= 0.3 is 0 Å². The molecule has 0 aliphatic carbocycles. The minimum atomic E-state index is -0.635. The number of pyridine rings is 1. The summed E-state index contributed by atoms with van der Waals surface area (Å²) in [6, 6.07) is 13.0. The Morgan fingerprint density at radius 2 is 1.75 bits per heavy atom. The first-order chi connectivity index (χ1) is 15.3. The molecule has 0 saturated carbocycles. The van der Waals surface area contributed by atoms with Crippen LogP contribution in [0.3, 0.4) is 0 Å². The predicted molar refractivity (Wildman–Crippen MR) is 129 cm³/mol. The molecule has 0 radical (unpaired) electrons. The lowest BCUT2D eigenvalue weighted by Gasteiger charge is -2.16. The van der Waals surface area contributed by atoms with Crippen molar-refractivity contribution in [3.05, 3.63) is 91.3 Å². The highest BCUT2D eigenvalue weighted by Gasteiger charge is 2.19. The molecule has 0 aliphatic rings. The average molecular weight is 474 g/mol. The maximum atomic E-state index is 12.8. The lowest BCUT2D eigenvalue weighted by Crippen LogP contribution is -2.28. The zero-order valence-electron chi connectivity index (χ0n) is 18.0. The van der Waals surface area contributed by atoms with E-state index in [1.165, 1.54) is 4.57 Å². The summed E-state index contributed by atoms with van der Waals surface area (Å²) < 4.78 is 6.64. The van der Waals surface area contributed by atoms with Crippen LogP contribution in [0.25, 0.3) is 0 Å². The minimum Gasteiger partial charge on any atom is -0.497 e. The average Bonchev–Trinajstić information content (AvgIpc) is 2.77. The zero-order chi connectivity index (χ0) is 23.3. The van der Waals surface area contributed by atoms with Gasteiger partial charge in [-0.05, 0) is 60.2 Å². The van der Waals surface area contributed by atoms with Crippen LogP contribution in [-0.2, 0) is 26.4 Å². The summed E-state index contributed by atoms with van der Waals surface area (Å²) in [5.74, 6) is 0.107. The van der Waals surface area contributed by atoms with Gasteiger partial charge in [0.15, 0.2) is 0 Å². The molecule has 2 aromatic carbocycles. The van der Waals surface area contributed by atoms with Crippen molar-refractivity contribution in [2.24, 2.45) is 12.8 Å². The van der Waals surface area contributed by atoms with Gasteiger partial charge in [0, 0.05) is 19.8 Å². The third-order valence-corrected chi connectivity index (χ3v) is 5.96. The third-order valence-electron chi connectivity index (χ3n) is 5.23. The van der Waals surface area contributed by atoms with Crippen LogP contribution in [0.5, 0.6) is 5.75 Å². The number of hydrogen-bond donors (Lipinski definition) is 2. The molecule has 0 atom stereocenters. The molecule has 8 heteroatoms. The second-order valence-electron chi connectivity index (χ2n) is 7.49. The van der Waals surface area contributed by atoms with E-state index in [4.69, 9.17) is 33.7 Å². The van der Waals surface area contributed by atoms with Gasteiger partial charge in [-0.25, -0.2) is 0 Å². The van der Waals surface area contributed by atoms with Gasteiger partial charge in [-0.15, -0.1) is 0 Å². The lowest BCUT2D eigenvalue weighted by molar-refractivity contribution is 0.1000. The normalized spacial score (nSPS) is 10.8. The Bertz CT molecular complexity index is 1170. The number of benzene rings is 2. The summed E-state index contributed by atoms with van der Waals surface area (Å²) in [6.07, 6.45) is 3.74. The molecular formula is C24H25Cl2N3O3. The number of methoxy groups -OCH3 is 1. The van der Waals surface area contributed by atoms with Crippen LogP contribution in [0.1, 0.15) is 33.5 Å². The molecule has 168 valence electrons. The first kappa shape index (κ1) is 23.7. The van der Waals surface area contributed by atoms with E-state index in [1.54, 1.807) is 26.4 Å². The van der Waals surface area contributed by atoms with Crippen molar-refractivity contribution in [1.29, 1.82) is 0 Å². The van der Waals surface area contributed by atoms with Crippen molar-refractivity contribution in [1.82, 2.24) is 4.57 Å².